The molecule has 2 atom stereocenters. The Morgan fingerprint density at radius 2 is 1.97 bits per heavy atom. The van der Waals surface area contributed by atoms with Gasteiger partial charge < -0.3 is 9.80 Å². The van der Waals surface area contributed by atoms with Crippen molar-refractivity contribution in [3.63, 3.8) is 0 Å². The van der Waals surface area contributed by atoms with Gasteiger partial charge in [0.2, 0.25) is 5.91 Å². The molecule has 2 amide bonds. The number of amides is 2. The summed E-state index contributed by atoms with van der Waals surface area (Å²) in [5.41, 5.74) is 2.27. The highest BCUT2D eigenvalue weighted by molar-refractivity contribution is 6.30. The Hall–Kier alpha value is -2.34. The number of halogens is 1. The zero-order valence-corrected chi connectivity index (χ0v) is 19.9. The van der Waals surface area contributed by atoms with E-state index in [1.54, 1.807) is 4.90 Å². The quantitative estimate of drug-likeness (QED) is 0.539. The second-order valence-electron chi connectivity index (χ2n) is 9.13. The van der Waals surface area contributed by atoms with Gasteiger partial charge in [-0.2, -0.15) is 5.10 Å². The lowest BCUT2D eigenvalue weighted by Gasteiger charge is -2.37. The van der Waals surface area contributed by atoms with Gasteiger partial charge >= 0.3 is 0 Å². The standard InChI is InChI=1S/C25H33ClN4O2/c1-3-4-5-9-21-16-28(17-24(31)29-14-7-6-8-18(29)2)25(32)23-15-22(27-30(21)23)19-10-12-20(26)13-11-19/h10-13,15,18,21H,3-9,14,16-17H2,1-2H3/t18-,21?/m1/s1. The van der Waals surface area contributed by atoms with Crippen LogP contribution in [0.15, 0.2) is 30.3 Å². The molecular weight excluding hydrogens is 424 g/mol. The van der Waals surface area contributed by atoms with E-state index in [1.807, 2.05) is 39.9 Å². The molecule has 1 aromatic carbocycles. The number of likely N-dealkylation sites (tertiary alicyclic amines) is 1. The molecule has 0 saturated carbocycles. The third kappa shape index (κ3) is 4.85. The molecule has 7 heteroatoms. The number of carbonyl (C=O) groups excluding carboxylic acids is 2. The van der Waals surface area contributed by atoms with Crippen molar-refractivity contribution < 1.29 is 9.59 Å². The molecule has 32 heavy (non-hydrogen) atoms. The van der Waals surface area contributed by atoms with Crippen molar-refractivity contribution in [1.82, 2.24) is 19.6 Å². The Morgan fingerprint density at radius 3 is 2.69 bits per heavy atom. The molecule has 172 valence electrons. The van der Waals surface area contributed by atoms with Crippen molar-refractivity contribution in [1.29, 1.82) is 0 Å². The van der Waals surface area contributed by atoms with Crippen LogP contribution in [0.5, 0.6) is 0 Å². The number of fused-ring (bicyclic) bond motifs is 1. The van der Waals surface area contributed by atoms with E-state index in [1.165, 1.54) is 6.42 Å². The molecule has 0 N–H and O–H groups in total. The fraction of sp³-hybridized carbons (Fsp3) is 0.560. The average molecular weight is 457 g/mol. The Morgan fingerprint density at radius 1 is 1.19 bits per heavy atom. The number of nitrogens with zero attached hydrogens (tertiary/aromatic N) is 4. The van der Waals surface area contributed by atoms with Gasteiger partial charge in [-0.15, -0.1) is 0 Å². The lowest BCUT2D eigenvalue weighted by atomic mass is 10.0. The molecule has 1 unspecified atom stereocenters. The Labute approximate surface area is 195 Å². The van der Waals surface area contributed by atoms with Crippen molar-refractivity contribution in [2.24, 2.45) is 0 Å². The third-order valence-electron chi connectivity index (χ3n) is 6.75. The second kappa shape index (κ2) is 10.1. The lowest BCUT2D eigenvalue weighted by Crippen LogP contribution is -2.51. The summed E-state index contributed by atoms with van der Waals surface area (Å²) in [6, 6.07) is 9.71. The number of hydrogen-bond donors (Lipinski definition) is 0. The molecule has 0 bridgehead atoms. The van der Waals surface area contributed by atoms with Gasteiger partial charge in [0.25, 0.3) is 5.91 Å². The Bertz CT molecular complexity index is 955. The van der Waals surface area contributed by atoms with Crippen LogP contribution < -0.4 is 0 Å². The first kappa shape index (κ1) is 22.8. The number of hydrogen-bond acceptors (Lipinski definition) is 3. The van der Waals surface area contributed by atoms with Gasteiger partial charge in [-0.05, 0) is 50.8 Å². The Kier molecular flexibility index (Phi) is 7.19. The van der Waals surface area contributed by atoms with Crippen molar-refractivity contribution in [3.8, 4) is 11.3 Å². The molecule has 0 aliphatic carbocycles. The van der Waals surface area contributed by atoms with Gasteiger partial charge in [-0.25, -0.2) is 0 Å². The van der Waals surface area contributed by atoms with Crippen LogP contribution in [-0.2, 0) is 4.79 Å². The molecule has 2 aromatic rings. The van der Waals surface area contributed by atoms with Crippen LogP contribution in [0.3, 0.4) is 0 Å². The van der Waals surface area contributed by atoms with E-state index in [2.05, 4.69) is 13.8 Å². The minimum Gasteiger partial charge on any atom is -0.338 e. The van der Waals surface area contributed by atoms with Crippen LogP contribution in [0.1, 0.15) is 75.3 Å². The van der Waals surface area contributed by atoms with Crippen molar-refractivity contribution in [2.45, 2.75) is 70.9 Å². The van der Waals surface area contributed by atoms with Gasteiger partial charge in [-0.3, -0.25) is 14.3 Å². The highest BCUT2D eigenvalue weighted by atomic mass is 35.5. The van der Waals surface area contributed by atoms with E-state index in [0.717, 1.165) is 56.3 Å². The van der Waals surface area contributed by atoms with Crippen LogP contribution >= 0.6 is 11.6 Å². The number of benzene rings is 1. The molecular formula is C25H33ClN4O2. The summed E-state index contributed by atoms with van der Waals surface area (Å²) in [5, 5.41) is 5.48. The number of piperidine rings is 1. The molecule has 2 aliphatic rings. The van der Waals surface area contributed by atoms with E-state index in [9.17, 15) is 9.59 Å². The van der Waals surface area contributed by atoms with Crippen LogP contribution in [0, 0.1) is 0 Å². The van der Waals surface area contributed by atoms with Crippen LogP contribution in [-0.4, -0.2) is 57.1 Å². The summed E-state index contributed by atoms with van der Waals surface area (Å²) in [4.78, 5) is 30.1. The van der Waals surface area contributed by atoms with Crippen molar-refractivity contribution in [3.05, 3.63) is 41.0 Å². The predicted molar refractivity (Wildman–Crippen MR) is 127 cm³/mol. The summed E-state index contributed by atoms with van der Waals surface area (Å²) in [6.07, 6.45) is 7.56. The number of aromatic nitrogens is 2. The van der Waals surface area contributed by atoms with Gasteiger partial charge in [-0.1, -0.05) is 49.9 Å². The van der Waals surface area contributed by atoms with Crippen molar-refractivity contribution in [2.75, 3.05) is 19.6 Å². The summed E-state index contributed by atoms with van der Waals surface area (Å²) >= 11 is 6.04. The molecule has 3 heterocycles. The molecule has 1 fully saturated rings. The minimum absolute atomic E-state index is 0.0590. The molecule has 4 rings (SSSR count). The van der Waals surface area contributed by atoms with Crippen molar-refractivity contribution >= 4 is 23.4 Å². The maximum absolute atomic E-state index is 13.4. The van der Waals surface area contributed by atoms with Gasteiger partial charge in [0.1, 0.15) is 12.2 Å². The fourth-order valence-electron chi connectivity index (χ4n) is 4.87. The zero-order valence-electron chi connectivity index (χ0n) is 19.1. The topological polar surface area (TPSA) is 58.4 Å². The predicted octanol–water partition coefficient (Wildman–Crippen LogP) is 5.18. The zero-order chi connectivity index (χ0) is 22.7. The maximum atomic E-state index is 13.4. The molecule has 1 aromatic heterocycles. The van der Waals surface area contributed by atoms with E-state index >= 15 is 0 Å². The second-order valence-corrected chi connectivity index (χ2v) is 9.57. The summed E-state index contributed by atoms with van der Waals surface area (Å²) < 4.78 is 1.90. The first-order valence-corrected chi connectivity index (χ1v) is 12.3. The lowest BCUT2D eigenvalue weighted by molar-refractivity contribution is -0.135. The SMILES string of the molecule is CCCCCC1CN(CC(=O)N2CCCC[C@H]2C)C(=O)c2cc(-c3ccc(Cl)cc3)nn21. The van der Waals surface area contributed by atoms with Crippen LogP contribution in [0.25, 0.3) is 11.3 Å². The van der Waals surface area contributed by atoms with Gasteiger partial charge in [0.05, 0.1) is 11.7 Å². The fourth-order valence-corrected chi connectivity index (χ4v) is 5.00. The summed E-state index contributed by atoms with van der Waals surface area (Å²) in [6.45, 7) is 5.77. The Balaban J connectivity index is 1.58. The van der Waals surface area contributed by atoms with Crippen LogP contribution in [0.2, 0.25) is 5.02 Å². The van der Waals surface area contributed by atoms with Crippen LogP contribution in [0.4, 0.5) is 0 Å². The molecule has 1 saturated heterocycles. The summed E-state index contributed by atoms with van der Waals surface area (Å²) in [5.74, 6) is -0.0498. The molecule has 2 aliphatic heterocycles. The first-order chi connectivity index (χ1) is 15.5. The summed E-state index contributed by atoms with van der Waals surface area (Å²) in [7, 11) is 0. The van der Waals surface area contributed by atoms with Gasteiger partial charge in [0.15, 0.2) is 0 Å². The van der Waals surface area contributed by atoms with Gasteiger partial charge in [0, 0.05) is 29.7 Å². The normalized spacial score (nSPS) is 21.0. The number of carbonyl (C=O) groups is 2. The molecule has 0 spiro atoms. The minimum atomic E-state index is -0.109. The maximum Gasteiger partial charge on any atom is 0.272 e. The largest absolute Gasteiger partial charge is 0.338 e. The van der Waals surface area contributed by atoms with E-state index in [0.29, 0.717) is 17.3 Å². The highest BCUT2D eigenvalue weighted by Crippen LogP contribution is 2.30. The molecule has 0 radical (unpaired) electrons. The molecule has 6 nitrogen and oxygen atoms in total. The number of rotatable bonds is 7. The average Bonchev–Trinajstić information content (AvgIpc) is 3.23. The first-order valence-electron chi connectivity index (χ1n) is 11.9. The number of unbranched alkanes of at least 4 members (excludes halogenated alkanes) is 2. The monoisotopic (exact) mass is 456 g/mol. The smallest absolute Gasteiger partial charge is 0.272 e. The third-order valence-corrected chi connectivity index (χ3v) is 7.00. The van der Waals surface area contributed by atoms with E-state index < -0.39 is 0 Å². The van der Waals surface area contributed by atoms with E-state index in [-0.39, 0.29) is 30.4 Å². The van der Waals surface area contributed by atoms with E-state index in [4.69, 9.17) is 16.7 Å². The highest BCUT2D eigenvalue weighted by Gasteiger charge is 2.35.